The largest absolute Gasteiger partial charge is 0.463 e. The number of esters is 1. The van der Waals surface area contributed by atoms with Crippen molar-refractivity contribution in [3.63, 3.8) is 0 Å². The molecule has 0 spiro atoms. The van der Waals surface area contributed by atoms with E-state index >= 15 is 0 Å². The number of rotatable bonds is 2. The van der Waals surface area contributed by atoms with Crippen LogP contribution < -0.4 is 0 Å². The first-order valence-electron chi connectivity index (χ1n) is 2.10. The average molecular weight is 201 g/mol. The van der Waals surface area contributed by atoms with E-state index in [0.717, 1.165) is 6.08 Å². The first-order valence-corrected chi connectivity index (χ1v) is 2.10. The summed E-state index contributed by atoms with van der Waals surface area (Å²) in [4.78, 5) is 10.1. The van der Waals surface area contributed by atoms with E-state index in [2.05, 4.69) is 11.3 Å². The first kappa shape index (κ1) is 10.7. The molecule has 3 heteroatoms. The number of ether oxygens (including phenoxy) is 1. The number of hydrogen-bond acceptors (Lipinski definition) is 2. The third-order valence-electron chi connectivity index (χ3n) is 0.453. The monoisotopic (exact) mass is 202 g/mol. The Hall–Kier alpha value is -0.167. The molecule has 0 heterocycles. The van der Waals surface area contributed by atoms with Gasteiger partial charge in [0.25, 0.3) is 0 Å². The van der Waals surface area contributed by atoms with Crippen molar-refractivity contribution in [1.82, 2.24) is 0 Å². The molecular weight excluding hydrogens is 193 g/mol. The number of carbonyl (C=O) groups excluding carboxylic acids is 1. The van der Waals surface area contributed by atoms with Gasteiger partial charge in [-0.1, -0.05) is 6.58 Å². The number of carbonyl (C=O) groups is 1. The second kappa shape index (κ2) is 6.83. The molecule has 8 heavy (non-hydrogen) atoms. The third kappa shape index (κ3) is 5.83. The summed E-state index contributed by atoms with van der Waals surface area (Å²) < 4.78 is 4.43. The van der Waals surface area contributed by atoms with Crippen LogP contribution in [-0.4, -0.2) is 12.6 Å². The number of hydrogen-bond donors (Lipinski definition) is 0. The Morgan fingerprint density at radius 2 is 2.38 bits per heavy atom. The fourth-order valence-electron chi connectivity index (χ4n) is 0.201. The zero-order chi connectivity index (χ0) is 5.70. The van der Waals surface area contributed by atoms with Gasteiger partial charge in [-0.05, 0) is 6.92 Å². The molecule has 0 fully saturated rings. The van der Waals surface area contributed by atoms with E-state index in [0.29, 0.717) is 6.61 Å². The van der Waals surface area contributed by atoms with Gasteiger partial charge in [0.2, 0.25) is 0 Å². The van der Waals surface area contributed by atoms with Gasteiger partial charge < -0.3 is 4.74 Å². The van der Waals surface area contributed by atoms with Gasteiger partial charge in [-0.3, -0.25) is 0 Å². The Labute approximate surface area is 61.7 Å². The quantitative estimate of drug-likeness (QED) is 0.374. The molecule has 0 N–H and O–H groups in total. The Kier molecular flexibility index (Phi) is 9.18. The van der Waals surface area contributed by atoms with Gasteiger partial charge in [0.15, 0.2) is 0 Å². The standard InChI is InChI=1S/C5H8O2.Ru/c1-3-5(6)7-4-2;/h3H,1,4H2,2H3;. The molecule has 2 nitrogen and oxygen atoms in total. The smallest absolute Gasteiger partial charge is 0.330 e. The van der Waals surface area contributed by atoms with Crippen molar-refractivity contribution < 1.29 is 29.0 Å². The molecule has 0 amide bonds. The zero-order valence-electron chi connectivity index (χ0n) is 4.66. The second-order valence-corrected chi connectivity index (χ2v) is 0.956. The molecule has 0 aromatic heterocycles. The Balaban J connectivity index is 0. The van der Waals surface area contributed by atoms with Crippen molar-refractivity contribution in [1.29, 1.82) is 0 Å². The van der Waals surface area contributed by atoms with Crippen molar-refractivity contribution in [2.75, 3.05) is 6.61 Å². The van der Waals surface area contributed by atoms with Crippen LogP contribution in [0.1, 0.15) is 6.92 Å². The Bertz CT molecular complexity index is 80.5. The summed E-state index contributed by atoms with van der Waals surface area (Å²) in [7, 11) is 0. The predicted octanol–water partition coefficient (Wildman–Crippen LogP) is 0.733. The summed E-state index contributed by atoms with van der Waals surface area (Å²) in [5.74, 6) is -0.359. The van der Waals surface area contributed by atoms with Gasteiger partial charge in [-0.25, -0.2) is 4.79 Å². The van der Waals surface area contributed by atoms with E-state index < -0.39 is 0 Å². The summed E-state index contributed by atoms with van der Waals surface area (Å²) in [5, 5.41) is 0. The minimum absolute atomic E-state index is 0. The van der Waals surface area contributed by atoms with E-state index in [1.165, 1.54) is 0 Å². The summed E-state index contributed by atoms with van der Waals surface area (Å²) in [6.45, 7) is 5.38. The van der Waals surface area contributed by atoms with Crippen molar-refractivity contribution in [3.05, 3.63) is 12.7 Å². The SMILES string of the molecule is C=CC(=O)OCC.[Ru]. The van der Waals surface area contributed by atoms with Crippen LogP contribution >= 0.6 is 0 Å². The average Bonchev–Trinajstić information content (AvgIpc) is 1.68. The van der Waals surface area contributed by atoms with Gasteiger partial charge >= 0.3 is 5.97 Å². The predicted molar refractivity (Wildman–Crippen MR) is 26.8 cm³/mol. The van der Waals surface area contributed by atoms with Gasteiger partial charge in [0.05, 0.1) is 6.61 Å². The van der Waals surface area contributed by atoms with Crippen LogP contribution in [0.15, 0.2) is 12.7 Å². The van der Waals surface area contributed by atoms with Gasteiger partial charge in [-0.15, -0.1) is 0 Å². The molecule has 0 rings (SSSR count). The molecule has 0 aliphatic carbocycles. The first-order chi connectivity index (χ1) is 3.31. The van der Waals surface area contributed by atoms with E-state index in [9.17, 15) is 4.79 Å². The fraction of sp³-hybridized carbons (Fsp3) is 0.400. The molecule has 0 aliphatic rings. The van der Waals surface area contributed by atoms with Crippen molar-refractivity contribution in [2.45, 2.75) is 6.92 Å². The Morgan fingerprint density at radius 3 is 2.50 bits per heavy atom. The van der Waals surface area contributed by atoms with Crippen LogP contribution in [0.3, 0.4) is 0 Å². The Morgan fingerprint density at radius 1 is 1.88 bits per heavy atom. The molecule has 0 atom stereocenters. The normalized spacial score (nSPS) is 6.62. The molecule has 0 aliphatic heterocycles. The maximum atomic E-state index is 10.1. The molecular formula is C5H8O2Ru. The van der Waals surface area contributed by atoms with E-state index in [-0.39, 0.29) is 25.4 Å². The summed E-state index contributed by atoms with van der Waals surface area (Å²) in [5.41, 5.74) is 0. The molecule has 0 bridgehead atoms. The van der Waals surface area contributed by atoms with Crippen LogP contribution in [0, 0.1) is 0 Å². The zero-order valence-corrected chi connectivity index (χ0v) is 6.40. The molecule has 0 saturated carbocycles. The summed E-state index contributed by atoms with van der Waals surface area (Å²) in [6.07, 6.45) is 1.14. The van der Waals surface area contributed by atoms with Crippen LogP contribution in [0.2, 0.25) is 0 Å². The van der Waals surface area contributed by atoms with Crippen LogP contribution in [-0.2, 0) is 29.0 Å². The van der Waals surface area contributed by atoms with Crippen molar-refractivity contribution >= 4 is 5.97 Å². The molecule has 0 unspecified atom stereocenters. The maximum absolute atomic E-state index is 10.1. The van der Waals surface area contributed by atoms with E-state index in [1.807, 2.05) is 0 Å². The van der Waals surface area contributed by atoms with Crippen LogP contribution in [0.4, 0.5) is 0 Å². The minimum atomic E-state index is -0.359. The second-order valence-electron chi connectivity index (χ2n) is 0.956. The molecule has 0 aromatic carbocycles. The molecule has 0 radical (unpaired) electrons. The maximum Gasteiger partial charge on any atom is 0.330 e. The van der Waals surface area contributed by atoms with Crippen molar-refractivity contribution in [3.8, 4) is 0 Å². The van der Waals surface area contributed by atoms with Gasteiger partial charge in [0.1, 0.15) is 0 Å². The topological polar surface area (TPSA) is 26.3 Å². The van der Waals surface area contributed by atoms with Gasteiger partial charge in [-0.2, -0.15) is 0 Å². The molecule has 0 saturated heterocycles. The fourth-order valence-corrected chi connectivity index (χ4v) is 0.201. The van der Waals surface area contributed by atoms with Gasteiger partial charge in [0, 0.05) is 25.6 Å². The summed E-state index contributed by atoms with van der Waals surface area (Å²) in [6, 6.07) is 0. The molecule has 48 valence electrons. The van der Waals surface area contributed by atoms with E-state index in [1.54, 1.807) is 6.92 Å². The van der Waals surface area contributed by atoms with E-state index in [4.69, 9.17) is 0 Å². The van der Waals surface area contributed by atoms with Crippen LogP contribution in [0.5, 0.6) is 0 Å². The minimum Gasteiger partial charge on any atom is -0.463 e. The summed E-state index contributed by atoms with van der Waals surface area (Å²) >= 11 is 0. The van der Waals surface area contributed by atoms with Crippen LogP contribution in [0.25, 0.3) is 0 Å². The third-order valence-corrected chi connectivity index (χ3v) is 0.453. The molecule has 0 aromatic rings. The van der Waals surface area contributed by atoms with Crippen molar-refractivity contribution in [2.24, 2.45) is 0 Å².